The molecular weight excluding hydrogens is 360 g/mol. The van der Waals surface area contributed by atoms with Crippen LogP contribution in [0.4, 0.5) is 5.69 Å². The summed E-state index contributed by atoms with van der Waals surface area (Å²) in [6, 6.07) is 9.48. The average Bonchev–Trinajstić information content (AvgIpc) is 3.02. The van der Waals surface area contributed by atoms with E-state index in [1.807, 2.05) is 30.5 Å². The average molecular weight is 375 g/mol. The molecule has 0 spiro atoms. The van der Waals surface area contributed by atoms with Crippen LogP contribution in [0.25, 0.3) is 5.65 Å². The largest absolute Gasteiger partial charge is 0.484 e. The van der Waals surface area contributed by atoms with Gasteiger partial charge in [0, 0.05) is 10.7 Å². The van der Waals surface area contributed by atoms with Gasteiger partial charge in [-0.05, 0) is 46.1 Å². The van der Waals surface area contributed by atoms with Crippen LogP contribution in [0.1, 0.15) is 12.5 Å². The van der Waals surface area contributed by atoms with Crippen LogP contribution in [0.5, 0.6) is 5.75 Å². The summed E-state index contributed by atoms with van der Waals surface area (Å²) in [5.74, 6) is 0.409. The van der Waals surface area contributed by atoms with Gasteiger partial charge in [0.05, 0.1) is 5.69 Å². The Balaban J connectivity index is 1.65. The van der Waals surface area contributed by atoms with Gasteiger partial charge in [0.15, 0.2) is 12.3 Å². The number of ether oxygens (including phenoxy) is 1. The van der Waals surface area contributed by atoms with Crippen LogP contribution in [0.2, 0.25) is 0 Å². The Morgan fingerprint density at radius 3 is 2.87 bits per heavy atom. The van der Waals surface area contributed by atoms with E-state index in [0.29, 0.717) is 17.1 Å². The molecule has 0 saturated heterocycles. The molecule has 2 heterocycles. The van der Waals surface area contributed by atoms with E-state index in [4.69, 9.17) is 4.74 Å². The fourth-order valence-corrected chi connectivity index (χ4v) is 2.60. The highest BCUT2D eigenvalue weighted by molar-refractivity contribution is 9.10. The van der Waals surface area contributed by atoms with Gasteiger partial charge in [0.25, 0.3) is 5.91 Å². The first kappa shape index (κ1) is 15.5. The van der Waals surface area contributed by atoms with E-state index in [-0.39, 0.29) is 12.5 Å². The summed E-state index contributed by atoms with van der Waals surface area (Å²) in [4.78, 5) is 12.1. The standard InChI is InChI=1S/C16H15BrN4O2/c1-2-11-3-5-13(6-4-11)23-9-15(22)19-14-7-12(17)8-21-10-18-20-16(14)21/h3-8,10H,2,9H2,1H3,(H,19,22). The van der Waals surface area contributed by atoms with Crippen LogP contribution < -0.4 is 10.1 Å². The summed E-state index contributed by atoms with van der Waals surface area (Å²) in [6.45, 7) is 2.02. The molecule has 6 nitrogen and oxygen atoms in total. The number of hydrogen-bond acceptors (Lipinski definition) is 4. The molecule has 7 heteroatoms. The number of nitrogens with one attached hydrogen (secondary N) is 1. The molecule has 0 radical (unpaired) electrons. The van der Waals surface area contributed by atoms with Gasteiger partial charge < -0.3 is 10.1 Å². The third kappa shape index (κ3) is 3.68. The Morgan fingerprint density at radius 2 is 2.13 bits per heavy atom. The van der Waals surface area contributed by atoms with E-state index in [1.54, 1.807) is 16.8 Å². The zero-order valence-corrected chi connectivity index (χ0v) is 14.1. The number of nitrogens with zero attached hydrogens (tertiary/aromatic N) is 3. The predicted molar refractivity (Wildman–Crippen MR) is 90.6 cm³/mol. The first-order chi connectivity index (χ1) is 11.2. The number of fused-ring (bicyclic) bond motifs is 1. The number of carbonyl (C=O) groups excluding carboxylic acids is 1. The van der Waals surface area contributed by atoms with Crippen molar-refractivity contribution in [1.82, 2.24) is 14.6 Å². The van der Waals surface area contributed by atoms with Crippen LogP contribution in [-0.4, -0.2) is 27.1 Å². The normalized spacial score (nSPS) is 10.7. The van der Waals surface area contributed by atoms with Crippen LogP contribution in [0, 0.1) is 0 Å². The van der Waals surface area contributed by atoms with Crippen molar-refractivity contribution in [2.24, 2.45) is 0 Å². The third-order valence-corrected chi connectivity index (χ3v) is 3.77. The van der Waals surface area contributed by atoms with E-state index in [9.17, 15) is 4.79 Å². The molecule has 0 aliphatic heterocycles. The molecule has 3 aromatic rings. The zero-order valence-electron chi connectivity index (χ0n) is 12.5. The SMILES string of the molecule is CCc1ccc(OCC(=O)Nc2cc(Br)cn3cnnc23)cc1. The molecule has 3 rings (SSSR count). The molecular formula is C16H15BrN4O2. The smallest absolute Gasteiger partial charge is 0.262 e. The van der Waals surface area contributed by atoms with Crippen molar-refractivity contribution in [3.05, 3.63) is 52.9 Å². The molecule has 1 N–H and O–H groups in total. The van der Waals surface area contributed by atoms with E-state index in [1.165, 1.54) is 5.56 Å². The highest BCUT2D eigenvalue weighted by Gasteiger charge is 2.10. The molecule has 0 atom stereocenters. The molecule has 0 aliphatic rings. The second kappa shape index (κ2) is 6.78. The Hall–Kier alpha value is -2.41. The van der Waals surface area contributed by atoms with E-state index < -0.39 is 0 Å². The number of benzene rings is 1. The number of amides is 1. The van der Waals surface area contributed by atoms with E-state index in [2.05, 4.69) is 38.4 Å². The number of halogens is 1. The van der Waals surface area contributed by atoms with Crippen LogP contribution in [0.3, 0.4) is 0 Å². The number of aryl methyl sites for hydroxylation is 1. The minimum atomic E-state index is -0.257. The first-order valence-electron chi connectivity index (χ1n) is 7.16. The zero-order chi connectivity index (χ0) is 16.2. The molecule has 1 amide bonds. The lowest BCUT2D eigenvalue weighted by Gasteiger charge is -2.09. The summed E-state index contributed by atoms with van der Waals surface area (Å²) >= 11 is 3.39. The number of aromatic nitrogens is 3. The van der Waals surface area contributed by atoms with Gasteiger partial charge >= 0.3 is 0 Å². The molecule has 0 aliphatic carbocycles. The van der Waals surface area contributed by atoms with Crippen LogP contribution in [-0.2, 0) is 11.2 Å². The van der Waals surface area contributed by atoms with Gasteiger partial charge in [-0.1, -0.05) is 19.1 Å². The molecule has 23 heavy (non-hydrogen) atoms. The fourth-order valence-electron chi connectivity index (χ4n) is 2.15. The fraction of sp³-hybridized carbons (Fsp3) is 0.188. The van der Waals surface area contributed by atoms with Gasteiger partial charge in [0.1, 0.15) is 12.1 Å². The van der Waals surface area contributed by atoms with Crippen molar-refractivity contribution >= 4 is 33.2 Å². The topological polar surface area (TPSA) is 68.5 Å². The second-order valence-corrected chi connectivity index (χ2v) is 5.88. The molecule has 2 aromatic heterocycles. The quantitative estimate of drug-likeness (QED) is 0.744. The van der Waals surface area contributed by atoms with Crippen molar-refractivity contribution in [3.8, 4) is 5.75 Å². The monoisotopic (exact) mass is 374 g/mol. The Labute approximate surface area is 141 Å². The van der Waals surface area contributed by atoms with Crippen LogP contribution >= 0.6 is 15.9 Å². The van der Waals surface area contributed by atoms with Gasteiger partial charge in [-0.2, -0.15) is 0 Å². The maximum absolute atomic E-state index is 12.1. The van der Waals surface area contributed by atoms with Crippen molar-refractivity contribution in [2.45, 2.75) is 13.3 Å². The molecule has 0 bridgehead atoms. The Morgan fingerprint density at radius 1 is 1.35 bits per heavy atom. The summed E-state index contributed by atoms with van der Waals surface area (Å²) in [7, 11) is 0. The summed E-state index contributed by atoms with van der Waals surface area (Å²) < 4.78 is 8.04. The minimum Gasteiger partial charge on any atom is -0.484 e. The number of rotatable bonds is 5. The van der Waals surface area contributed by atoms with E-state index in [0.717, 1.165) is 10.9 Å². The van der Waals surface area contributed by atoms with Crippen LogP contribution in [0.15, 0.2) is 47.3 Å². The van der Waals surface area contributed by atoms with Crippen molar-refractivity contribution < 1.29 is 9.53 Å². The third-order valence-electron chi connectivity index (χ3n) is 3.33. The van der Waals surface area contributed by atoms with Crippen molar-refractivity contribution in [3.63, 3.8) is 0 Å². The number of carbonyl (C=O) groups is 1. The van der Waals surface area contributed by atoms with Gasteiger partial charge in [-0.3, -0.25) is 9.20 Å². The molecule has 0 fully saturated rings. The van der Waals surface area contributed by atoms with Gasteiger partial charge in [0.2, 0.25) is 0 Å². The predicted octanol–water partition coefficient (Wildman–Crippen LogP) is 3.07. The number of pyridine rings is 1. The molecule has 0 saturated carbocycles. The maximum atomic E-state index is 12.1. The lowest BCUT2D eigenvalue weighted by molar-refractivity contribution is -0.118. The highest BCUT2D eigenvalue weighted by atomic mass is 79.9. The summed E-state index contributed by atoms with van der Waals surface area (Å²) in [5.41, 5.74) is 2.38. The molecule has 0 unspecified atom stereocenters. The number of hydrogen-bond donors (Lipinski definition) is 1. The van der Waals surface area contributed by atoms with E-state index >= 15 is 0 Å². The van der Waals surface area contributed by atoms with Crippen molar-refractivity contribution in [2.75, 3.05) is 11.9 Å². The first-order valence-corrected chi connectivity index (χ1v) is 7.95. The Kier molecular flexibility index (Phi) is 4.57. The molecule has 1 aromatic carbocycles. The maximum Gasteiger partial charge on any atom is 0.262 e. The lowest BCUT2D eigenvalue weighted by Crippen LogP contribution is -2.20. The summed E-state index contributed by atoms with van der Waals surface area (Å²) in [6.07, 6.45) is 4.36. The minimum absolute atomic E-state index is 0.0711. The number of anilines is 1. The van der Waals surface area contributed by atoms with Crippen molar-refractivity contribution in [1.29, 1.82) is 0 Å². The Bertz CT molecular complexity index is 830. The van der Waals surface area contributed by atoms with Gasteiger partial charge in [-0.15, -0.1) is 10.2 Å². The lowest BCUT2D eigenvalue weighted by atomic mass is 10.2. The highest BCUT2D eigenvalue weighted by Crippen LogP contribution is 2.20. The second-order valence-electron chi connectivity index (χ2n) is 4.97. The van der Waals surface area contributed by atoms with Gasteiger partial charge in [-0.25, -0.2) is 0 Å². The summed E-state index contributed by atoms with van der Waals surface area (Å²) in [5, 5.41) is 10.6. The molecule has 118 valence electrons.